The zero-order valence-corrected chi connectivity index (χ0v) is 8.94. The van der Waals surface area contributed by atoms with Gasteiger partial charge in [-0.1, -0.05) is 24.3 Å². The first-order valence-corrected chi connectivity index (χ1v) is 5.24. The van der Waals surface area contributed by atoms with E-state index in [0.717, 1.165) is 16.5 Å². The maximum atomic E-state index is 13.6. The summed E-state index contributed by atoms with van der Waals surface area (Å²) in [5.41, 5.74) is 7.86. The molecule has 0 unspecified atom stereocenters. The van der Waals surface area contributed by atoms with E-state index >= 15 is 0 Å². The largest absolute Gasteiger partial charge is 0.382 e. The lowest BCUT2D eigenvalue weighted by molar-refractivity contribution is 0.631. The normalized spacial score (nSPS) is 10.9. The highest BCUT2D eigenvalue weighted by atomic mass is 19.1. The molecule has 1 heterocycles. The Morgan fingerprint density at radius 2 is 1.94 bits per heavy atom. The molecule has 0 spiro atoms. The number of benzene rings is 2. The summed E-state index contributed by atoms with van der Waals surface area (Å²) in [7, 11) is 0. The van der Waals surface area contributed by atoms with Gasteiger partial charge in [-0.2, -0.15) is 5.10 Å². The molecule has 0 radical (unpaired) electrons. The van der Waals surface area contributed by atoms with Crippen molar-refractivity contribution in [2.75, 3.05) is 5.73 Å². The molecule has 3 aromatic rings. The van der Waals surface area contributed by atoms with E-state index in [1.807, 2.05) is 24.3 Å². The van der Waals surface area contributed by atoms with Gasteiger partial charge in [-0.25, -0.2) is 4.39 Å². The van der Waals surface area contributed by atoms with E-state index < -0.39 is 0 Å². The third kappa shape index (κ3) is 1.54. The number of aromatic nitrogens is 2. The number of hydrogen-bond donors (Lipinski definition) is 2. The van der Waals surface area contributed by atoms with Gasteiger partial charge < -0.3 is 5.73 Å². The summed E-state index contributed by atoms with van der Waals surface area (Å²) in [6.45, 7) is 0. The fourth-order valence-electron chi connectivity index (χ4n) is 1.90. The van der Waals surface area contributed by atoms with Gasteiger partial charge in [-0.3, -0.25) is 5.10 Å². The van der Waals surface area contributed by atoms with E-state index in [-0.39, 0.29) is 5.82 Å². The predicted molar refractivity (Wildman–Crippen MR) is 65.9 cm³/mol. The Labute approximate surface area is 97.1 Å². The van der Waals surface area contributed by atoms with Crippen molar-refractivity contribution >= 4 is 16.7 Å². The molecule has 3 nitrogen and oxygen atoms in total. The summed E-state index contributed by atoms with van der Waals surface area (Å²) in [4.78, 5) is 0. The quantitative estimate of drug-likeness (QED) is 0.671. The summed E-state index contributed by atoms with van der Waals surface area (Å²) < 4.78 is 13.6. The van der Waals surface area contributed by atoms with Crippen LogP contribution in [0.3, 0.4) is 0 Å². The minimum absolute atomic E-state index is 0.237. The molecule has 0 fully saturated rings. The van der Waals surface area contributed by atoms with Crippen LogP contribution in [-0.2, 0) is 0 Å². The van der Waals surface area contributed by atoms with Crippen LogP contribution < -0.4 is 5.73 Å². The Kier molecular flexibility index (Phi) is 2.08. The second-order valence-electron chi connectivity index (χ2n) is 3.85. The average Bonchev–Trinajstić information content (AvgIpc) is 2.71. The molecule has 0 aliphatic heterocycles. The van der Waals surface area contributed by atoms with Crippen LogP contribution in [0.2, 0.25) is 0 Å². The molecule has 84 valence electrons. The molecule has 3 rings (SSSR count). The number of H-pyrrole nitrogens is 1. The van der Waals surface area contributed by atoms with Crippen molar-refractivity contribution in [1.29, 1.82) is 0 Å². The Morgan fingerprint density at radius 1 is 1.12 bits per heavy atom. The van der Waals surface area contributed by atoms with Crippen LogP contribution in [0.25, 0.3) is 22.0 Å². The molecule has 17 heavy (non-hydrogen) atoms. The van der Waals surface area contributed by atoms with Crippen LogP contribution in [-0.4, -0.2) is 10.2 Å². The molecule has 0 aliphatic rings. The number of fused-ring (bicyclic) bond motifs is 1. The molecule has 4 heteroatoms. The molecule has 0 saturated carbocycles. The Balaban J connectivity index is 2.22. The van der Waals surface area contributed by atoms with Gasteiger partial charge in [0, 0.05) is 10.9 Å². The van der Waals surface area contributed by atoms with Gasteiger partial charge in [0.2, 0.25) is 0 Å². The van der Waals surface area contributed by atoms with Crippen molar-refractivity contribution in [2.45, 2.75) is 0 Å². The van der Waals surface area contributed by atoms with Crippen molar-refractivity contribution in [1.82, 2.24) is 10.2 Å². The first-order valence-electron chi connectivity index (χ1n) is 5.24. The first-order chi connectivity index (χ1) is 8.25. The van der Waals surface area contributed by atoms with Crippen molar-refractivity contribution in [2.24, 2.45) is 0 Å². The Morgan fingerprint density at radius 3 is 2.76 bits per heavy atom. The molecule has 0 bridgehead atoms. The molecule has 0 saturated heterocycles. The molecular formula is C13H10FN3. The smallest absolute Gasteiger partial charge is 0.153 e. The number of rotatable bonds is 1. The van der Waals surface area contributed by atoms with Gasteiger partial charge in [-0.15, -0.1) is 0 Å². The van der Waals surface area contributed by atoms with Crippen molar-refractivity contribution < 1.29 is 4.39 Å². The number of aromatic amines is 1. The number of halogens is 1. The monoisotopic (exact) mass is 227 g/mol. The zero-order valence-electron chi connectivity index (χ0n) is 8.94. The summed E-state index contributed by atoms with van der Waals surface area (Å²) in [5.74, 6) is 0.222. The Bertz CT molecular complexity index is 688. The molecule has 1 aromatic heterocycles. The van der Waals surface area contributed by atoms with Gasteiger partial charge in [-0.05, 0) is 23.8 Å². The maximum Gasteiger partial charge on any atom is 0.153 e. The maximum absolute atomic E-state index is 13.6. The van der Waals surface area contributed by atoms with Crippen LogP contribution in [0.1, 0.15) is 0 Å². The summed E-state index contributed by atoms with van der Waals surface area (Å²) in [6.07, 6.45) is 0. The van der Waals surface area contributed by atoms with Crippen molar-refractivity contribution in [3.8, 4) is 11.1 Å². The van der Waals surface area contributed by atoms with Crippen molar-refractivity contribution in [3.63, 3.8) is 0 Å². The van der Waals surface area contributed by atoms with Crippen LogP contribution in [0, 0.1) is 5.82 Å². The molecule has 2 aromatic carbocycles. The summed E-state index contributed by atoms with van der Waals surface area (Å²) in [5, 5.41) is 7.58. The molecule has 0 amide bonds. The number of nitrogens with zero attached hydrogens (tertiary/aromatic N) is 1. The fraction of sp³-hybridized carbons (Fsp3) is 0. The number of nitrogen functional groups attached to an aromatic ring is 1. The average molecular weight is 227 g/mol. The van der Waals surface area contributed by atoms with E-state index in [0.29, 0.717) is 11.4 Å². The standard InChI is InChI=1S/C13H10FN3/c14-11-4-2-1-3-9(11)8-5-6-10-12(7-8)16-17-13(10)15/h1-7H,(H3,15,16,17). The van der Waals surface area contributed by atoms with E-state index in [2.05, 4.69) is 10.2 Å². The van der Waals surface area contributed by atoms with E-state index in [1.54, 1.807) is 12.1 Å². The van der Waals surface area contributed by atoms with Gasteiger partial charge in [0.15, 0.2) is 5.82 Å². The topological polar surface area (TPSA) is 54.7 Å². The zero-order chi connectivity index (χ0) is 11.8. The highest BCUT2D eigenvalue weighted by molar-refractivity contribution is 5.91. The lowest BCUT2D eigenvalue weighted by atomic mass is 10.0. The number of nitrogens with one attached hydrogen (secondary N) is 1. The second-order valence-corrected chi connectivity index (χ2v) is 3.85. The Hall–Kier alpha value is -2.36. The molecule has 3 N–H and O–H groups in total. The van der Waals surface area contributed by atoms with Gasteiger partial charge >= 0.3 is 0 Å². The number of nitrogens with two attached hydrogens (primary N) is 1. The van der Waals surface area contributed by atoms with Gasteiger partial charge in [0.25, 0.3) is 0 Å². The van der Waals surface area contributed by atoms with E-state index in [4.69, 9.17) is 5.73 Å². The van der Waals surface area contributed by atoms with Crippen molar-refractivity contribution in [3.05, 3.63) is 48.3 Å². The number of hydrogen-bond acceptors (Lipinski definition) is 2. The third-order valence-corrected chi connectivity index (χ3v) is 2.78. The lowest BCUT2D eigenvalue weighted by Crippen LogP contribution is -1.85. The molecule has 0 aliphatic carbocycles. The molecular weight excluding hydrogens is 217 g/mol. The summed E-state index contributed by atoms with van der Waals surface area (Å²) in [6, 6.07) is 12.2. The SMILES string of the molecule is Nc1n[nH]c2cc(-c3ccccc3F)ccc12. The molecule has 0 atom stereocenters. The first kappa shape index (κ1) is 9.84. The third-order valence-electron chi connectivity index (χ3n) is 2.78. The number of anilines is 1. The second kappa shape index (κ2) is 3.59. The highest BCUT2D eigenvalue weighted by Gasteiger charge is 2.07. The predicted octanol–water partition coefficient (Wildman–Crippen LogP) is 2.95. The van der Waals surface area contributed by atoms with Gasteiger partial charge in [0.1, 0.15) is 5.82 Å². The van der Waals surface area contributed by atoms with Crippen LogP contribution in [0.5, 0.6) is 0 Å². The van der Waals surface area contributed by atoms with Crippen LogP contribution >= 0.6 is 0 Å². The fourth-order valence-corrected chi connectivity index (χ4v) is 1.90. The lowest BCUT2D eigenvalue weighted by Gasteiger charge is -2.03. The minimum atomic E-state index is -0.237. The van der Waals surface area contributed by atoms with E-state index in [9.17, 15) is 4.39 Å². The van der Waals surface area contributed by atoms with Crippen LogP contribution in [0.15, 0.2) is 42.5 Å². The van der Waals surface area contributed by atoms with E-state index in [1.165, 1.54) is 6.07 Å². The van der Waals surface area contributed by atoms with Crippen LogP contribution in [0.4, 0.5) is 10.2 Å². The van der Waals surface area contributed by atoms with Gasteiger partial charge in [0.05, 0.1) is 5.52 Å². The summed E-state index contributed by atoms with van der Waals surface area (Å²) >= 11 is 0. The highest BCUT2D eigenvalue weighted by Crippen LogP contribution is 2.27. The minimum Gasteiger partial charge on any atom is -0.382 e.